The molecule has 7 heteroatoms. The first-order valence-electron chi connectivity index (χ1n) is 7.40. The highest BCUT2D eigenvalue weighted by molar-refractivity contribution is 5.95. The number of aromatic nitrogens is 1. The van der Waals surface area contributed by atoms with Gasteiger partial charge in [0.1, 0.15) is 6.04 Å². The lowest BCUT2D eigenvalue weighted by molar-refractivity contribution is -0.124. The minimum Gasteiger partial charge on any atom is -0.438 e. The lowest BCUT2D eigenvalue weighted by Gasteiger charge is -2.39. The Morgan fingerprint density at radius 2 is 2.04 bits per heavy atom. The van der Waals surface area contributed by atoms with Crippen LogP contribution in [0.25, 0.3) is 0 Å². The molecule has 0 bridgehead atoms. The second kappa shape index (κ2) is 6.62. The van der Waals surface area contributed by atoms with Gasteiger partial charge in [-0.05, 0) is 5.56 Å². The number of primary amides is 1. The van der Waals surface area contributed by atoms with E-state index < -0.39 is 11.9 Å². The van der Waals surface area contributed by atoms with E-state index in [1.807, 2.05) is 30.3 Å². The van der Waals surface area contributed by atoms with Crippen molar-refractivity contribution in [1.29, 1.82) is 0 Å². The molecule has 0 spiro atoms. The van der Waals surface area contributed by atoms with E-state index in [0.717, 1.165) is 12.1 Å². The normalized spacial score (nSPS) is 18.8. The Labute approximate surface area is 133 Å². The summed E-state index contributed by atoms with van der Waals surface area (Å²) in [4.78, 5) is 31.5. The molecule has 2 N–H and O–H groups in total. The molecule has 1 saturated heterocycles. The Kier molecular flexibility index (Phi) is 4.38. The van der Waals surface area contributed by atoms with Gasteiger partial charge in [-0.1, -0.05) is 30.3 Å². The molecule has 1 aromatic heterocycles. The number of oxazole rings is 1. The summed E-state index contributed by atoms with van der Waals surface area (Å²) in [7, 11) is 0. The van der Waals surface area contributed by atoms with Crippen molar-refractivity contribution in [2.24, 2.45) is 5.73 Å². The van der Waals surface area contributed by atoms with Crippen molar-refractivity contribution in [1.82, 2.24) is 14.8 Å². The van der Waals surface area contributed by atoms with Crippen LogP contribution < -0.4 is 5.73 Å². The van der Waals surface area contributed by atoms with Crippen molar-refractivity contribution in [3.8, 4) is 0 Å². The Morgan fingerprint density at radius 3 is 2.70 bits per heavy atom. The number of nitrogens with zero attached hydrogens (tertiary/aromatic N) is 3. The van der Waals surface area contributed by atoms with Crippen molar-refractivity contribution < 1.29 is 14.0 Å². The molecular weight excluding hydrogens is 296 g/mol. The van der Waals surface area contributed by atoms with Crippen molar-refractivity contribution >= 4 is 11.8 Å². The number of carbonyl (C=O) groups excluding carboxylic acids is 2. The fourth-order valence-corrected chi connectivity index (χ4v) is 2.77. The molecule has 2 amide bonds. The Morgan fingerprint density at radius 1 is 1.26 bits per heavy atom. The smallest absolute Gasteiger partial charge is 0.292 e. The first kappa shape index (κ1) is 15.2. The quantitative estimate of drug-likeness (QED) is 0.886. The molecule has 1 unspecified atom stereocenters. The van der Waals surface area contributed by atoms with Gasteiger partial charge >= 0.3 is 0 Å². The van der Waals surface area contributed by atoms with Gasteiger partial charge < -0.3 is 15.1 Å². The van der Waals surface area contributed by atoms with Gasteiger partial charge in [-0.3, -0.25) is 14.5 Å². The first-order chi connectivity index (χ1) is 11.1. The summed E-state index contributed by atoms with van der Waals surface area (Å²) in [6.45, 7) is 2.21. The maximum atomic E-state index is 12.4. The monoisotopic (exact) mass is 314 g/mol. The number of amides is 2. The van der Waals surface area contributed by atoms with E-state index >= 15 is 0 Å². The van der Waals surface area contributed by atoms with Gasteiger partial charge in [-0.15, -0.1) is 0 Å². The third-order valence-corrected chi connectivity index (χ3v) is 3.95. The molecular formula is C16H18N4O3. The van der Waals surface area contributed by atoms with Crippen LogP contribution in [0, 0.1) is 0 Å². The molecule has 1 aliphatic heterocycles. The van der Waals surface area contributed by atoms with Gasteiger partial charge in [0.05, 0.1) is 6.20 Å². The van der Waals surface area contributed by atoms with Crippen LogP contribution in [-0.4, -0.2) is 52.3 Å². The minimum atomic E-state index is -0.676. The molecule has 0 saturated carbocycles. The van der Waals surface area contributed by atoms with Crippen molar-refractivity contribution in [2.75, 3.05) is 19.6 Å². The molecule has 2 aromatic rings. The highest BCUT2D eigenvalue weighted by Gasteiger charge is 2.35. The van der Waals surface area contributed by atoms with Gasteiger partial charge in [0.2, 0.25) is 11.7 Å². The zero-order valence-corrected chi connectivity index (χ0v) is 12.6. The highest BCUT2D eigenvalue weighted by Crippen LogP contribution is 2.16. The molecule has 1 aliphatic rings. The summed E-state index contributed by atoms with van der Waals surface area (Å²) >= 11 is 0. The number of hydrogen-bond acceptors (Lipinski definition) is 5. The summed E-state index contributed by atoms with van der Waals surface area (Å²) in [5, 5.41) is 0. The van der Waals surface area contributed by atoms with E-state index in [0.29, 0.717) is 19.6 Å². The minimum absolute atomic E-state index is 0.118. The summed E-state index contributed by atoms with van der Waals surface area (Å²) in [5.41, 5.74) is 6.66. The molecule has 1 fully saturated rings. The lowest BCUT2D eigenvalue weighted by Crippen LogP contribution is -2.59. The van der Waals surface area contributed by atoms with Gasteiger partial charge in [0, 0.05) is 26.2 Å². The molecule has 0 aliphatic carbocycles. The summed E-state index contributed by atoms with van der Waals surface area (Å²) in [6.07, 6.45) is 2.54. The molecule has 1 aromatic carbocycles. The maximum absolute atomic E-state index is 12.4. The number of rotatable bonds is 4. The van der Waals surface area contributed by atoms with E-state index in [-0.39, 0.29) is 11.7 Å². The second-order valence-electron chi connectivity index (χ2n) is 5.50. The fraction of sp³-hybridized carbons (Fsp3) is 0.312. The molecule has 7 nitrogen and oxygen atoms in total. The second-order valence-corrected chi connectivity index (χ2v) is 5.50. The van der Waals surface area contributed by atoms with Crippen molar-refractivity contribution in [3.05, 3.63) is 54.2 Å². The van der Waals surface area contributed by atoms with E-state index in [2.05, 4.69) is 9.88 Å². The van der Waals surface area contributed by atoms with E-state index in [4.69, 9.17) is 10.2 Å². The van der Waals surface area contributed by atoms with Crippen LogP contribution in [0.5, 0.6) is 0 Å². The molecule has 2 heterocycles. The number of nitrogens with two attached hydrogens (primary N) is 1. The van der Waals surface area contributed by atoms with Gasteiger partial charge in [-0.25, -0.2) is 4.98 Å². The number of hydrogen-bond donors (Lipinski definition) is 1. The molecule has 120 valence electrons. The predicted octanol–water partition coefficient (Wildman–Crippen LogP) is 0.486. The molecule has 23 heavy (non-hydrogen) atoms. The topological polar surface area (TPSA) is 92.7 Å². The number of piperazine rings is 1. The average Bonchev–Trinajstić information content (AvgIpc) is 3.09. The largest absolute Gasteiger partial charge is 0.438 e. The lowest BCUT2D eigenvalue weighted by atomic mass is 10.1. The molecule has 3 rings (SSSR count). The van der Waals surface area contributed by atoms with Crippen molar-refractivity contribution in [2.45, 2.75) is 12.6 Å². The van der Waals surface area contributed by atoms with Gasteiger partial charge in [0.15, 0.2) is 6.39 Å². The fourth-order valence-electron chi connectivity index (χ4n) is 2.77. The third kappa shape index (κ3) is 3.40. The summed E-state index contributed by atoms with van der Waals surface area (Å²) in [5.74, 6) is -0.756. The van der Waals surface area contributed by atoms with E-state index in [9.17, 15) is 9.59 Å². The van der Waals surface area contributed by atoms with Gasteiger partial charge in [0.25, 0.3) is 5.91 Å². The van der Waals surface area contributed by atoms with Gasteiger partial charge in [-0.2, -0.15) is 0 Å². The maximum Gasteiger partial charge on any atom is 0.292 e. The van der Waals surface area contributed by atoms with Crippen LogP contribution in [0.4, 0.5) is 0 Å². The third-order valence-electron chi connectivity index (χ3n) is 3.95. The van der Waals surface area contributed by atoms with E-state index in [1.165, 1.54) is 17.5 Å². The molecule has 0 radical (unpaired) electrons. The van der Waals surface area contributed by atoms with Crippen LogP contribution in [-0.2, 0) is 11.3 Å². The Hall–Kier alpha value is -2.67. The zero-order valence-electron chi connectivity index (χ0n) is 12.6. The standard InChI is InChI=1S/C16H18N4O3/c17-15(21)13-10-19(9-12-4-2-1-3-5-12)6-7-20(13)16(22)14-8-18-11-23-14/h1-5,8,11,13H,6-7,9-10H2,(H2,17,21). The van der Waals surface area contributed by atoms with E-state index in [1.54, 1.807) is 0 Å². The zero-order chi connectivity index (χ0) is 16.2. The number of benzene rings is 1. The van der Waals surface area contributed by atoms with Crippen LogP contribution >= 0.6 is 0 Å². The SMILES string of the molecule is NC(=O)C1CN(Cc2ccccc2)CCN1C(=O)c1cnco1. The van der Waals surface area contributed by atoms with Crippen LogP contribution in [0.2, 0.25) is 0 Å². The summed E-state index contributed by atoms with van der Waals surface area (Å²) < 4.78 is 5.03. The highest BCUT2D eigenvalue weighted by atomic mass is 16.3. The first-order valence-corrected chi connectivity index (χ1v) is 7.40. The average molecular weight is 314 g/mol. The number of carbonyl (C=O) groups is 2. The Balaban J connectivity index is 1.71. The Bertz CT molecular complexity index is 672. The summed E-state index contributed by atoms with van der Waals surface area (Å²) in [6, 6.07) is 9.31. The van der Waals surface area contributed by atoms with Crippen molar-refractivity contribution in [3.63, 3.8) is 0 Å². The predicted molar refractivity (Wildman–Crippen MR) is 82.2 cm³/mol. The van der Waals surface area contributed by atoms with Crippen LogP contribution in [0.15, 0.2) is 47.3 Å². The van der Waals surface area contributed by atoms with Crippen LogP contribution in [0.1, 0.15) is 16.1 Å². The molecule has 1 atom stereocenters. The van der Waals surface area contributed by atoms with Crippen LogP contribution in [0.3, 0.4) is 0 Å².